The highest BCUT2D eigenvalue weighted by Crippen LogP contribution is 2.36. The number of piperazine rings is 1. The fourth-order valence-electron chi connectivity index (χ4n) is 3.21. The lowest BCUT2D eigenvalue weighted by Crippen LogP contribution is -2.56. The van der Waals surface area contributed by atoms with Crippen LogP contribution < -0.4 is 16.0 Å². The predicted octanol–water partition coefficient (Wildman–Crippen LogP) is 1.63. The quantitative estimate of drug-likeness (QED) is 0.729. The number of carbonyl (C=O) groups is 1. The van der Waals surface area contributed by atoms with Gasteiger partial charge < -0.3 is 16.0 Å². The highest BCUT2D eigenvalue weighted by Gasteiger charge is 2.27. The van der Waals surface area contributed by atoms with Gasteiger partial charge in [-0.3, -0.25) is 9.78 Å². The van der Waals surface area contributed by atoms with Crippen LogP contribution in [0.1, 0.15) is 10.4 Å². The fourth-order valence-corrected chi connectivity index (χ4v) is 4.24. The van der Waals surface area contributed by atoms with E-state index in [1.807, 2.05) is 12.1 Å². The van der Waals surface area contributed by atoms with Gasteiger partial charge in [0.1, 0.15) is 16.7 Å². The van der Waals surface area contributed by atoms with E-state index in [1.165, 1.54) is 10.4 Å². The number of primary amides is 1. The second-order valence-corrected chi connectivity index (χ2v) is 7.63. The molecule has 0 aliphatic carbocycles. The van der Waals surface area contributed by atoms with Gasteiger partial charge in [-0.05, 0) is 31.5 Å². The van der Waals surface area contributed by atoms with E-state index in [4.69, 9.17) is 15.7 Å². The number of aryl methyl sites for hydroxylation is 2. The van der Waals surface area contributed by atoms with Crippen molar-refractivity contribution in [1.29, 1.82) is 0 Å². The van der Waals surface area contributed by atoms with Gasteiger partial charge in [-0.1, -0.05) is 0 Å². The van der Waals surface area contributed by atoms with E-state index in [0.29, 0.717) is 18.9 Å². The lowest BCUT2D eigenvalue weighted by atomic mass is 10.1. The molecule has 4 rings (SSSR count). The fraction of sp³-hybridized carbons (Fsp3) is 0.333. The molecule has 0 aromatic carbocycles. The van der Waals surface area contributed by atoms with Crippen molar-refractivity contribution in [3.8, 4) is 11.4 Å². The van der Waals surface area contributed by atoms with Crippen LogP contribution in [-0.4, -0.2) is 46.5 Å². The molecule has 1 amide bonds. The summed E-state index contributed by atoms with van der Waals surface area (Å²) in [4.78, 5) is 29.8. The number of rotatable bonds is 3. The first-order chi connectivity index (χ1) is 12.5. The molecule has 3 aromatic heterocycles. The van der Waals surface area contributed by atoms with Crippen LogP contribution >= 0.6 is 11.3 Å². The third-order valence-electron chi connectivity index (χ3n) is 4.75. The largest absolute Gasteiger partial charge is 0.368 e. The smallest absolute Gasteiger partial charge is 0.236 e. The molecule has 0 bridgehead atoms. The van der Waals surface area contributed by atoms with Crippen molar-refractivity contribution in [2.75, 3.05) is 24.5 Å². The molecule has 134 valence electrons. The first-order valence-corrected chi connectivity index (χ1v) is 9.32. The van der Waals surface area contributed by atoms with Crippen LogP contribution in [0.4, 0.5) is 5.82 Å². The minimum Gasteiger partial charge on any atom is -0.368 e. The molecular formula is C18H20N6OS. The summed E-state index contributed by atoms with van der Waals surface area (Å²) in [5, 5.41) is 4.23. The summed E-state index contributed by atoms with van der Waals surface area (Å²) in [6.07, 6.45) is 3.50. The van der Waals surface area contributed by atoms with Crippen molar-refractivity contribution >= 4 is 33.3 Å². The first kappa shape index (κ1) is 16.9. The molecule has 26 heavy (non-hydrogen) atoms. The minimum atomic E-state index is -0.379. The van der Waals surface area contributed by atoms with Gasteiger partial charge in [0, 0.05) is 42.5 Å². The summed E-state index contributed by atoms with van der Waals surface area (Å²) in [6.45, 7) is 6.14. The van der Waals surface area contributed by atoms with E-state index < -0.39 is 0 Å². The Labute approximate surface area is 155 Å². The molecule has 1 aliphatic rings. The number of amides is 1. The van der Waals surface area contributed by atoms with E-state index in [0.717, 1.165) is 28.1 Å². The van der Waals surface area contributed by atoms with Gasteiger partial charge in [-0.2, -0.15) is 0 Å². The average molecular weight is 368 g/mol. The Kier molecular flexibility index (Phi) is 4.29. The second-order valence-electron chi connectivity index (χ2n) is 6.43. The molecule has 0 saturated carbocycles. The molecule has 1 atom stereocenters. The molecule has 1 fully saturated rings. The molecule has 8 heteroatoms. The summed E-state index contributed by atoms with van der Waals surface area (Å²) in [5.74, 6) is 1.17. The van der Waals surface area contributed by atoms with Gasteiger partial charge in [0.05, 0.1) is 5.39 Å². The number of aromatic nitrogens is 3. The Bertz CT molecular complexity index is 971. The zero-order valence-electron chi connectivity index (χ0n) is 14.7. The minimum absolute atomic E-state index is 0.342. The van der Waals surface area contributed by atoms with Gasteiger partial charge in [0.15, 0.2) is 5.82 Å². The third kappa shape index (κ3) is 2.91. The Morgan fingerprint density at radius 2 is 2.23 bits per heavy atom. The van der Waals surface area contributed by atoms with E-state index in [2.05, 4.69) is 29.0 Å². The first-order valence-electron chi connectivity index (χ1n) is 8.50. The molecule has 1 aliphatic heterocycles. The summed E-state index contributed by atoms with van der Waals surface area (Å²) in [5.41, 5.74) is 7.57. The van der Waals surface area contributed by atoms with Crippen LogP contribution in [-0.2, 0) is 4.79 Å². The summed E-state index contributed by atoms with van der Waals surface area (Å²) in [7, 11) is 0. The highest BCUT2D eigenvalue weighted by molar-refractivity contribution is 7.18. The number of nitrogens with two attached hydrogens (primary N) is 1. The van der Waals surface area contributed by atoms with Gasteiger partial charge in [0.2, 0.25) is 5.91 Å². The van der Waals surface area contributed by atoms with Crippen LogP contribution in [0.15, 0.2) is 24.5 Å². The van der Waals surface area contributed by atoms with Gasteiger partial charge in [0.25, 0.3) is 0 Å². The van der Waals surface area contributed by atoms with Crippen LogP contribution in [0.2, 0.25) is 0 Å². The second kappa shape index (κ2) is 6.62. The van der Waals surface area contributed by atoms with Gasteiger partial charge >= 0.3 is 0 Å². The summed E-state index contributed by atoms with van der Waals surface area (Å²) < 4.78 is 0. The highest BCUT2D eigenvalue weighted by atomic mass is 32.1. The maximum atomic E-state index is 11.6. The van der Waals surface area contributed by atoms with Gasteiger partial charge in [-0.25, -0.2) is 9.97 Å². The van der Waals surface area contributed by atoms with E-state index in [9.17, 15) is 4.79 Å². The number of nitrogens with one attached hydrogen (secondary N) is 1. The number of hydrogen-bond acceptors (Lipinski definition) is 7. The monoisotopic (exact) mass is 368 g/mol. The number of thiophene rings is 1. The molecule has 0 spiro atoms. The maximum Gasteiger partial charge on any atom is 0.236 e. The lowest BCUT2D eigenvalue weighted by Gasteiger charge is -2.33. The number of nitrogens with zero attached hydrogens (tertiary/aromatic N) is 4. The zero-order valence-corrected chi connectivity index (χ0v) is 15.5. The molecule has 0 radical (unpaired) electrons. The number of fused-ring (bicyclic) bond motifs is 1. The average Bonchev–Trinajstić information content (AvgIpc) is 2.96. The van der Waals surface area contributed by atoms with Crippen molar-refractivity contribution < 1.29 is 4.79 Å². The topological polar surface area (TPSA) is 97.0 Å². The molecule has 7 nitrogen and oxygen atoms in total. The summed E-state index contributed by atoms with van der Waals surface area (Å²) in [6, 6.07) is 3.45. The van der Waals surface area contributed by atoms with E-state index in [1.54, 1.807) is 23.7 Å². The van der Waals surface area contributed by atoms with Crippen molar-refractivity contribution in [1.82, 2.24) is 20.3 Å². The predicted molar refractivity (Wildman–Crippen MR) is 103 cm³/mol. The molecule has 4 heterocycles. The van der Waals surface area contributed by atoms with Gasteiger partial charge in [-0.15, -0.1) is 11.3 Å². The summed E-state index contributed by atoms with van der Waals surface area (Å²) >= 11 is 1.67. The SMILES string of the molecule is Cc1sc2nc(-c3cccnc3)nc(N3CCNC(C(N)=O)C3)c2c1C. The van der Waals surface area contributed by atoms with E-state index >= 15 is 0 Å². The van der Waals surface area contributed by atoms with Crippen molar-refractivity contribution in [2.24, 2.45) is 5.73 Å². The molecular weight excluding hydrogens is 348 g/mol. The molecule has 1 saturated heterocycles. The number of pyridine rings is 1. The molecule has 3 N–H and O–H groups in total. The van der Waals surface area contributed by atoms with Crippen molar-refractivity contribution in [3.05, 3.63) is 35.0 Å². The van der Waals surface area contributed by atoms with Crippen molar-refractivity contribution in [3.63, 3.8) is 0 Å². The maximum absolute atomic E-state index is 11.6. The number of hydrogen-bond donors (Lipinski definition) is 2. The van der Waals surface area contributed by atoms with Crippen LogP contribution in [0.25, 0.3) is 21.6 Å². The Balaban J connectivity index is 1.87. The van der Waals surface area contributed by atoms with Crippen molar-refractivity contribution in [2.45, 2.75) is 19.9 Å². The Morgan fingerprint density at radius 3 is 2.96 bits per heavy atom. The zero-order chi connectivity index (χ0) is 18.3. The standard InChI is InChI=1S/C18H20N6OS/c1-10-11(2)26-18-14(10)17(24-7-6-21-13(9-24)15(19)25)22-16(23-18)12-4-3-5-20-8-12/h3-5,8,13,21H,6-7,9H2,1-2H3,(H2,19,25). The third-order valence-corrected chi connectivity index (χ3v) is 5.85. The Hall–Kier alpha value is -2.58. The van der Waals surface area contributed by atoms with Crippen LogP contribution in [0.5, 0.6) is 0 Å². The number of carbonyl (C=O) groups excluding carboxylic acids is 1. The normalized spacial score (nSPS) is 17.6. The van der Waals surface area contributed by atoms with Crippen LogP contribution in [0, 0.1) is 13.8 Å². The molecule has 1 unspecified atom stereocenters. The molecule has 3 aromatic rings. The Morgan fingerprint density at radius 1 is 1.38 bits per heavy atom. The van der Waals surface area contributed by atoms with E-state index in [-0.39, 0.29) is 11.9 Å². The lowest BCUT2D eigenvalue weighted by molar-refractivity contribution is -0.120. The number of anilines is 1. The van der Waals surface area contributed by atoms with Crippen LogP contribution in [0.3, 0.4) is 0 Å².